The predicted molar refractivity (Wildman–Crippen MR) is 95.0 cm³/mol. The minimum atomic E-state index is -1.62. The summed E-state index contributed by atoms with van der Waals surface area (Å²) in [7, 11) is -1.62. The molecule has 1 rings (SSSR count). The normalized spacial score (nSPS) is 10.8. The first-order valence-electron chi connectivity index (χ1n) is 6.53. The van der Waals surface area contributed by atoms with Gasteiger partial charge >= 0.3 is 0 Å². The molecule has 0 aliphatic heterocycles. The number of hydrogen-bond donors (Lipinski definition) is 3. The summed E-state index contributed by atoms with van der Waals surface area (Å²) in [6, 6.07) is 6.77. The van der Waals surface area contributed by atoms with Gasteiger partial charge in [-0.2, -0.15) is 15.6 Å². The van der Waals surface area contributed by atoms with Crippen LogP contribution in [-0.4, -0.2) is 19.6 Å². The zero-order valence-electron chi connectivity index (χ0n) is 13.0. The molecule has 0 amide bonds. The van der Waals surface area contributed by atoms with E-state index in [1.807, 2.05) is 6.07 Å². The van der Waals surface area contributed by atoms with Crippen LogP contribution in [0, 0.1) is 39.5 Å². The Balaban J connectivity index is 3.38. The number of anilines is 1. The number of nitrogens with two attached hydrogens (primary N) is 1. The summed E-state index contributed by atoms with van der Waals surface area (Å²) in [5.41, 5.74) is 12.1. The standard InChI is InChI=1S/C15H15ClN6Si/c1-23(2,3)5-4-10-6-11(8-17)12(16)7-13(10)21-22-14(9-18)15(19)20/h6-7,21H,1-3H3,(H3,19,20)/b22-14+. The first kappa shape index (κ1) is 18.3. The van der Waals surface area contributed by atoms with Crippen molar-refractivity contribution < 1.29 is 0 Å². The van der Waals surface area contributed by atoms with Crippen LogP contribution in [0.15, 0.2) is 17.2 Å². The molecule has 0 fully saturated rings. The van der Waals surface area contributed by atoms with Crippen LogP contribution in [0.2, 0.25) is 24.7 Å². The lowest BCUT2D eigenvalue weighted by atomic mass is 10.1. The molecule has 1 aromatic carbocycles. The van der Waals surface area contributed by atoms with E-state index in [0.717, 1.165) is 0 Å². The maximum absolute atomic E-state index is 9.08. The fourth-order valence-corrected chi connectivity index (χ4v) is 2.09. The van der Waals surface area contributed by atoms with Crippen LogP contribution >= 0.6 is 11.6 Å². The van der Waals surface area contributed by atoms with E-state index < -0.39 is 13.9 Å². The van der Waals surface area contributed by atoms with E-state index in [2.05, 4.69) is 41.6 Å². The second-order valence-electron chi connectivity index (χ2n) is 5.59. The molecular formula is C15H15ClN6Si. The minimum Gasteiger partial charge on any atom is -0.382 e. The molecule has 0 saturated heterocycles. The van der Waals surface area contributed by atoms with E-state index in [1.54, 1.807) is 12.1 Å². The van der Waals surface area contributed by atoms with Crippen molar-refractivity contribution >= 4 is 36.9 Å². The Labute approximate surface area is 141 Å². The molecule has 0 aliphatic rings. The van der Waals surface area contributed by atoms with Gasteiger partial charge in [0.15, 0.2) is 5.84 Å². The van der Waals surface area contributed by atoms with Gasteiger partial charge in [-0.05, 0) is 12.1 Å². The summed E-state index contributed by atoms with van der Waals surface area (Å²) in [4.78, 5) is 0. The Hall–Kier alpha value is -2.79. The molecule has 0 aromatic heterocycles. The highest BCUT2D eigenvalue weighted by Gasteiger charge is 2.11. The van der Waals surface area contributed by atoms with E-state index in [1.165, 1.54) is 6.07 Å². The number of hydrogen-bond acceptors (Lipinski definition) is 5. The van der Waals surface area contributed by atoms with Crippen molar-refractivity contribution in [3.8, 4) is 23.6 Å². The van der Waals surface area contributed by atoms with Crippen LogP contribution in [0.25, 0.3) is 0 Å². The molecule has 1 aromatic rings. The van der Waals surface area contributed by atoms with Crippen molar-refractivity contribution in [1.29, 1.82) is 15.9 Å². The fraction of sp³-hybridized carbons (Fsp3) is 0.200. The number of nitrogens with zero attached hydrogens (tertiary/aromatic N) is 3. The molecule has 0 atom stereocenters. The van der Waals surface area contributed by atoms with E-state index >= 15 is 0 Å². The molecule has 6 nitrogen and oxygen atoms in total. The minimum absolute atomic E-state index is 0.241. The molecule has 0 saturated carbocycles. The zero-order chi connectivity index (χ0) is 17.6. The molecular weight excluding hydrogens is 328 g/mol. The highest BCUT2D eigenvalue weighted by molar-refractivity contribution is 6.83. The summed E-state index contributed by atoms with van der Waals surface area (Å²) in [6.45, 7) is 6.28. The summed E-state index contributed by atoms with van der Waals surface area (Å²) >= 11 is 6.02. The highest BCUT2D eigenvalue weighted by atomic mass is 35.5. The van der Waals surface area contributed by atoms with Crippen molar-refractivity contribution in [3.63, 3.8) is 0 Å². The van der Waals surface area contributed by atoms with Crippen molar-refractivity contribution in [2.24, 2.45) is 10.8 Å². The van der Waals surface area contributed by atoms with Gasteiger partial charge in [-0.3, -0.25) is 10.8 Å². The maximum atomic E-state index is 9.08. The first-order chi connectivity index (χ1) is 10.7. The average molecular weight is 343 g/mol. The van der Waals surface area contributed by atoms with Crippen LogP contribution < -0.4 is 11.2 Å². The molecule has 0 bridgehead atoms. The summed E-state index contributed by atoms with van der Waals surface area (Å²) in [6.07, 6.45) is 0. The Morgan fingerprint density at radius 3 is 2.43 bits per heavy atom. The third-order valence-electron chi connectivity index (χ3n) is 2.45. The predicted octanol–water partition coefficient (Wildman–Crippen LogP) is 2.67. The van der Waals surface area contributed by atoms with Crippen LogP contribution in [-0.2, 0) is 0 Å². The summed E-state index contributed by atoms with van der Waals surface area (Å²) < 4.78 is 0. The molecule has 0 aliphatic carbocycles. The van der Waals surface area contributed by atoms with E-state index in [9.17, 15) is 0 Å². The first-order valence-corrected chi connectivity index (χ1v) is 10.4. The van der Waals surface area contributed by atoms with Gasteiger partial charge in [0.2, 0.25) is 5.71 Å². The highest BCUT2D eigenvalue weighted by Crippen LogP contribution is 2.25. The quantitative estimate of drug-likeness (QED) is 0.257. The largest absolute Gasteiger partial charge is 0.382 e. The number of halogens is 1. The van der Waals surface area contributed by atoms with Crippen LogP contribution in [0.4, 0.5) is 5.69 Å². The van der Waals surface area contributed by atoms with Crippen LogP contribution in [0.3, 0.4) is 0 Å². The molecule has 0 heterocycles. The Morgan fingerprint density at radius 2 is 1.96 bits per heavy atom. The molecule has 0 radical (unpaired) electrons. The van der Waals surface area contributed by atoms with Gasteiger partial charge in [0.25, 0.3) is 0 Å². The summed E-state index contributed by atoms with van der Waals surface area (Å²) in [5.74, 6) is 2.58. The van der Waals surface area contributed by atoms with Gasteiger partial charge in [-0.25, -0.2) is 0 Å². The molecule has 0 unspecified atom stereocenters. The molecule has 23 heavy (non-hydrogen) atoms. The SMILES string of the molecule is C[Si](C)(C)C#Cc1cc(C#N)c(Cl)cc1N/N=C(\C#N)C(=N)N. The molecule has 116 valence electrons. The van der Waals surface area contributed by atoms with Crippen LogP contribution in [0.5, 0.6) is 0 Å². The number of nitriles is 2. The van der Waals surface area contributed by atoms with Crippen molar-refractivity contribution in [2.75, 3.05) is 5.43 Å². The monoisotopic (exact) mass is 342 g/mol. The lowest BCUT2D eigenvalue weighted by Gasteiger charge is -2.08. The van der Waals surface area contributed by atoms with Crippen LogP contribution in [0.1, 0.15) is 11.1 Å². The molecule has 4 N–H and O–H groups in total. The zero-order valence-corrected chi connectivity index (χ0v) is 14.7. The Kier molecular flexibility index (Phi) is 5.92. The number of benzene rings is 1. The van der Waals surface area contributed by atoms with Crippen molar-refractivity contribution in [2.45, 2.75) is 19.6 Å². The van der Waals surface area contributed by atoms with E-state index in [4.69, 9.17) is 33.3 Å². The van der Waals surface area contributed by atoms with E-state index in [-0.39, 0.29) is 10.7 Å². The van der Waals surface area contributed by atoms with Gasteiger partial charge in [-0.15, -0.1) is 5.54 Å². The third kappa shape index (κ3) is 5.48. The van der Waals surface area contributed by atoms with E-state index in [0.29, 0.717) is 16.8 Å². The topological polar surface area (TPSA) is 122 Å². The Morgan fingerprint density at radius 1 is 1.30 bits per heavy atom. The second kappa shape index (κ2) is 7.46. The number of hydrazone groups is 1. The molecule has 0 spiro atoms. The lowest BCUT2D eigenvalue weighted by molar-refractivity contribution is 1.32. The number of rotatable bonds is 3. The second-order valence-corrected chi connectivity index (χ2v) is 10.7. The average Bonchev–Trinajstić information content (AvgIpc) is 2.45. The van der Waals surface area contributed by atoms with Gasteiger partial charge in [0.1, 0.15) is 20.2 Å². The number of amidine groups is 1. The number of nitrogens with one attached hydrogen (secondary N) is 2. The summed E-state index contributed by atoms with van der Waals surface area (Å²) in [5, 5.41) is 29.2. The van der Waals surface area contributed by atoms with Gasteiger partial charge < -0.3 is 5.73 Å². The molecule has 8 heteroatoms. The van der Waals surface area contributed by atoms with Gasteiger partial charge in [0, 0.05) is 0 Å². The fourth-order valence-electron chi connectivity index (χ4n) is 1.37. The Bertz CT molecular complexity index is 812. The maximum Gasteiger partial charge on any atom is 0.201 e. The third-order valence-corrected chi connectivity index (χ3v) is 3.64. The van der Waals surface area contributed by atoms with Crippen molar-refractivity contribution in [3.05, 3.63) is 28.3 Å². The smallest absolute Gasteiger partial charge is 0.201 e. The van der Waals surface area contributed by atoms with Gasteiger partial charge in [0.05, 0.1) is 21.8 Å². The lowest BCUT2D eigenvalue weighted by Crippen LogP contribution is -2.22. The van der Waals surface area contributed by atoms with Gasteiger partial charge in [-0.1, -0.05) is 37.2 Å². The van der Waals surface area contributed by atoms with Crippen molar-refractivity contribution in [1.82, 2.24) is 0 Å².